The molecule has 0 atom stereocenters. The fourth-order valence-corrected chi connectivity index (χ4v) is 1.46. The number of hydrogen-bond donors (Lipinski definition) is 0. The summed E-state index contributed by atoms with van der Waals surface area (Å²) < 4.78 is 31.4. The molecule has 0 unspecified atom stereocenters. The second kappa shape index (κ2) is 19.8. The normalized spacial score (nSPS) is 10.7. The van der Waals surface area contributed by atoms with Crippen molar-refractivity contribution in [3.63, 3.8) is 0 Å². The summed E-state index contributed by atoms with van der Waals surface area (Å²) in [5, 5.41) is 0.851. The van der Waals surface area contributed by atoms with E-state index in [1.807, 2.05) is 0 Å². The van der Waals surface area contributed by atoms with E-state index in [0.29, 0.717) is 72.7 Å². The van der Waals surface area contributed by atoms with Crippen molar-refractivity contribution in [1.82, 2.24) is 0 Å². The lowest BCUT2D eigenvalue weighted by Crippen LogP contribution is -2.14. The molecule has 0 N–H and O–H groups in total. The Labute approximate surface area is 135 Å². The third-order valence-electron chi connectivity index (χ3n) is 2.17. The zero-order valence-corrected chi connectivity index (χ0v) is 14.2. The summed E-state index contributed by atoms with van der Waals surface area (Å²) in [5.74, 6) is 0. The van der Waals surface area contributed by atoms with Crippen LogP contribution in [0.25, 0.3) is 0 Å². The van der Waals surface area contributed by atoms with Crippen molar-refractivity contribution in [1.29, 1.82) is 0 Å². The number of alkyl halides is 1. The van der Waals surface area contributed by atoms with Gasteiger partial charge >= 0.3 is 0 Å². The van der Waals surface area contributed by atoms with E-state index in [2.05, 4.69) is 22.5 Å². The molecule has 0 aromatic heterocycles. The second-order valence-corrected chi connectivity index (χ2v) is 4.58. The lowest BCUT2D eigenvalue weighted by molar-refractivity contribution is -0.0128. The molecule has 0 amide bonds. The maximum absolute atomic E-state index is 5.35. The van der Waals surface area contributed by atoms with Crippen molar-refractivity contribution < 1.29 is 28.4 Å². The molecule has 6 nitrogen and oxygen atoms in total. The van der Waals surface area contributed by atoms with Crippen molar-refractivity contribution in [3.8, 4) is 0 Å². The molecule has 0 fully saturated rings. The van der Waals surface area contributed by atoms with Crippen LogP contribution in [-0.4, -0.2) is 78.0 Å². The number of halogens is 1. The Kier molecular flexibility index (Phi) is 19.7. The van der Waals surface area contributed by atoms with E-state index in [-0.39, 0.29) is 0 Å². The number of ether oxygens (including phenoxy) is 6. The van der Waals surface area contributed by atoms with E-state index >= 15 is 0 Å². The Morgan fingerprint density at radius 3 is 1.24 bits per heavy atom. The van der Waals surface area contributed by atoms with Crippen LogP contribution in [0.1, 0.15) is 0 Å². The molecule has 0 heterocycles. The fourth-order valence-electron chi connectivity index (χ4n) is 1.23. The highest BCUT2D eigenvalue weighted by molar-refractivity contribution is 9.09. The van der Waals surface area contributed by atoms with Crippen LogP contribution < -0.4 is 0 Å². The summed E-state index contributed by atoms with van der Waals surface area (Å²) in [6, 6.07) is 0. The van der Waals surface area contributed by atoms with Crippen LogP contribution >= 0.6 is 15.9 Å². The third kappa shape index (κ3) is 19.8. The first kappa shape index (κ1) is 20.8. The van der Waals surface area contributed by atoms with Crippen LogP contribution in [0.5, 0.6) is 0 Å². The van der Waals surface area contributed by atoms with Gasteiger partial charge in [0, 0.05) is 5.33 Å². The molecule has 0 bridgehead atoms. The Hall–Kier alpha value is -0.180. The van der Waals surface area contributed by atoms with Crippen LogP contribution in [0.3, 0.4) is 0 Å². The van der Waals surface area contributed by atoms with Gasteiger partial charge in [-0.2, -0.15) is 0 Å². The van der Waals surface area contributed by atoms with Crippen LogP contribution in [0.2, 0.25) is 0 Å². The van der Waals surface area contributed by atoms with Gasteiger partial charge < -0.3 is 28.4 Å². The zero-order chi connectivity index (χ0) is 15.4. The highest BCUT2D eigenvalue weighted by Gasteiger charge is 1.93. The Balaban J connectivity index is 2.91. The molecule has 126 valence electrons. The summed E-state index contributed by atoms with van der Waals surface area (Å²) in [5.41, 5.74) is 0. The Morgan fingerprint density at radius 1 is 0.571 bits per heavy atom. The molecule has 0 rings (SSSR count). The van der Waals surface area contributed by atoms with E-state index in [9.17, 15) is 0 Å². The molecular formula is C14H27BrO6. The van der Waals surface area contributed by atoms with Crippen molar-refractivity contribution in [3.05, 3.63) is 12.8 Å². The van der Waals surface area contributed by atoms with Crippen LogP contribution in [0.4, 0.5) is 0 Å². The first-order chi connectivity index (χ1) is 10.4. The molecule has 0 spiro atoms. The molecule has 0 aromatic rings. The monoisotopic (exact) mass is 370 g/mol. The van der Waals surface area contributed by atoms with Gasteiger partial charge in [0.15, 0.2) is 0 Å². The minimum absolute atomic E-state index is 0.522. The highest BCUT2D eigenvalue weighted by atomic mass is 79.9. The van der Waals surface area contributed by atoms with E-state index in [1.165, 1.54) is 6.26 Å². The SMILES string of the molecule is C=COCCOCCOCCOCCOCCOCCBr. The van der Waals surface area contributed by atoms with Crippen LogP contribution in [-0.2, 0) is 28.4 Å². The third-order valence-corrected chi connectivity index (χ3v) is 2.50. The molecule has 7 heteroatoms. The van der Waals surface area contributed by atoms with Crippen LogP contribution in [0.15, 0.2) is 12.8 Å². The fraction of sp³-hybridized carbons (Fsp3) is 0.857. The summed E-state index contributed by atoms with van der Waals surface area (Å²) in [7, 11) is 0. The van der Waals surface area contributed by atoms with Crippen molar-refractivity contribution in [2.24, 2.45) is 0 Å². The Bertz CT molecular complexity index is 206. The number of rotatable bonds is 18. The summed E-state index contributed by atoms with van der Waals surface area (Å²) in [6.45, 7) is 9.79. The average Bonchev–Trinajstić information content (AvgIpc) is 2.50. The molecule has 0 aliphatic rings. The standard InChI is InChI=1S/C14H27BrO6/c1-2-16-5-6-18-9-10-20-13-14-21-12-11-19-8-7-17-4-3-15/h2H,1,3-14H2. The summed E-state index contributed by atoms with van der Waals surface area (Å²) in [6.07, 6.45) is 1.40. The van der Waals surface area contributed by atoms with Gasteiger partial charge in [0.05, 0.1) is 72.3 Å². The second-order valence-electron chi connectivity index (χ2n) is 3.79. The van der Waals surface area contributed by atoms with Gasteiger partial charge in [-0.3, -0.25) is 0 Å². The summed E-state index contributed by atoms with van der Waals surface area (Å²) in [4.78, 5) is 0. The van der Waals surface area contributed by atoms with Crippen molar-refractivity contribution in [2.75, 3.05) is 78.0 Å². The molecule has 21 heavy (non-hydrogen) atoms. The van der Waals surface area contributed by atoms with Crippen molar-refractivity contribution >= 4 is 15.9 Å². The maximum atomic E-state index is 5.35. The van der Waals surface area contributed by atoms with E-state index in [0.717, 1.165) is 5.33 Å². The molecule has 0 aliphatic carbocycles. The Morgan fingerprint density at radius 2 is 0.905 bits per heavy atom. The summed E-state index contributed by atoms with van der Waals surface area (Å²) >= 11 is 3.28. The van der Waals surface area contributed by atoms with Crippen molar-refractivity contribution in [2.45, 2.75) is 0 Å². The zero-order valence-electron chi connectivity index (χ0n) is 12.6. The van der Waals surface area contributed by atoms with Gasteiger partial charge in [-0.05, 0) is 0 Å². The first-order valence-corrected chi connectivity index (χ1v) is 8.21. The lowest BCUT2D eigenvalue weighted by atomic mass is 10.7. The van der Waals surface area contributed by atoms with E-state index < -0.39 is 0 Å². The maximum Gasteiger partial charge on any atom is 0.111 e. The molecular weight excluding hydrogens is 344 g/mol. The average molecular weight is 371 g/mol. The minimum Gasteiger partial charge on any atom is -0.499 e. The first-order valence-electron chi connectivity index (χ1n) is 7.09. The number of hydrogen-bond acceptors (Lipinski definition) is 6. The van der Waals surface area contributed by atoms with Gasteiger partial charge in [0.1, 0.15) is 6.61 Å². The van der Waals surface area contributed by atoms with Gasteiger partial charge in [-0.25, -0.2) is 0 Å². The van der Waals surface area contributed by atoms with Gasteiger partial charge in [0.25, 0.3) is 0 Å². The molecule has 0 saturated carbocycles. The topological polar surface area (TPSA) is 55.4 Å². The largest absolute Gasteiger partial charge is 0.499 e. The predicted octanol–water partition coefficient (Wildman–Crippen LogP) is 1.62. The predicted molar refractivity (Wildman–Crippen MR) is 84.0 cm³/mol. The van der Waals surface area contributed by atoms with E-state index in [1.54, 1.807) is 0 Å². The van der Waals surface area contributed by atoms with Gasteiger partial charge in [0.2, 0.25) is 0 Å². The molecule has 0 aliphatic heterocycles. The smallest absolute Gasteiger partial charge is 0.111 e. The highest BCUT2D eigenvalue weighted by Crippen LogP contribution is 1.85. The minimum atomic E-state index is 0.522. The molecule has 0 aromatic carbocycles. The van der Waals surface area contributed by atoms with Gasteiger partial charge in [-0.15, -0.1) is 0 Å². The molecule has 0 saturated heterocycles. The van der Waals surface area contributed by atoms with E-state index in [4.69, 9.17) is 28.4 Å². The van der Waals surface area contributed by atoms with Crippen LogP contribution in [0, 0.1) is 0 Å². The quantitative estimate of drug-likeness (QED) is 0.207. The lowest BCUT2D eigenvalue weighted by Gasteiger charge is -2.07. The van der Waals surface area contributed by atoms with Gasteiger partial charge in [-0.1, -0.05) is 22.5 Å². The molecule has 0 radical (unpaired) electrons.